The molecule has 0 aliphatic rings. The number of alkyl halides is 7. The first-order chi connectivity index (χ1) is 20.2. The third-order valence-electron chi connectivity index (χ3n) is 6.66. The fourth-order valence-electron chi connectivity index (χ4n) is 4.06. The molecule has 0 amide bonds. The number of hydrogen-bond acceptors (Lipinski definition) is 7. The summed E-state index contributed by atoms with van der Waals surface area (Å²) in [6, 6.07) is 0. The SMILES string of the molecule is CC(=O)O[C@H](COCCCCCCCCCCCCCCCC(F)(F)C(F)(F)C(F)(F)F)COP(=O)([O-])OCC[N+](C)(C)C. The fourth-order valence-corrected chi connectivity index (χ4v) is 4.79. The maximum absolute atomic E-state index is 13.2. The third kappa shape index (κ3) is 20.9. The van der Waals surface area contributed by atoms with Crippen LogP contribution in [0.15, 0.2) is 0 Å². The smallest absolute Gasteiger partial charge is 0.459 e. The molecule has 0 heterocycles. The Morgan fingerprint density at radius 2 is 1.18 bits per heavy atom. The van der Waals surface area contributed by atoms with Gasteiger partial charge >= 0.3 is 24.0 Å². The summed E-state index contributed by atoms with van der Waals surface area (Å²) in [5.74, 6) is -11.7. The van der Waals surface area contributed by atoms with E-state index in [9.17, 15) is 45.0 Å². The molecule has 2 atom stereocenters. The number of likely N-dealkylation sites (N-methyl/N-ethyl adjacent to an activating group) is 1. The monoisotopic (exact) mass is 677 g/mol. The molecule has 16 heteroatoms. The van der Waals surface area contributed by atoms with Gasteiger partial charge in [-0.25, -0.2) is 0 Å². The minimum Gasteiger partial charge on any atom is -0.756 e. The molecule has 0 aliphatic carbocycles. The molecule has 8 nitrogen and oxygen atoms in total. The molecule has 0 rings (SSSR count). The Morgan fingerprint density at radius 3 is 1.61 bits per heavy atom. The van der Waals surface area contributed by atoms with Crippen molar-refractivity contribution >= 4 is 13.8 Å². The zero-order valence-corrected chi connectivity index (χ0v) is 27.3. The average Bonchev–Trinajstić information content (AvgIpc) is 2.87. The number of quaternary nitrogens is 1. The number of nitrogens with zero attached hydrogens (tertiary/aromatic N) is 1. The maximum atomic E-state index is 13.2. The molecule has 0 saturated carbocycles. The number of phosphoric ester groups is 1. The Kier molecular flexibility index (Phi) is 20.5. The van der Waals surface area contributed by atoms with E-state index in [1.807, 2.05) is 21.1 Å². The first kappa shape index (κ1) is 43.0. The predicted octanol–water partition coefficient (Wildman–Crippen LogP) is 7.44. The first-order valence-electron chi connectivity index (χ1n) is 15.2. The summed E-state index contributed by atoms with van der Waals surface area (Å²) in [4.78, 5) is 23.3. The van der Waals surface area contributed by atoms with E-state index in [1.165, 1.54) is 6.92 Å². The second-order valence-corrected chi connectivity index (χ2v) is 13.4. The van der Waals surface area contributed by atoms with Crippen molar-refractivity contribution in [3.05, 3.63) is 0 Å². The molecule has 0 aliphatic heterocycles. The standard InChI is InChI=1S/C28H51F7NO7P/c1-24(37)43-25(23-42-44(38,39)41-21-19-36(2,3)4)22-40-20-17-15-13-11-9-7-5-6-8-10-12-14-16-18-26(29,30)27(31,32)28(33,34)35/h25H,5-23H2,1-4H3/t25-/m1/s1. The number of ether oxygens (including phenoxy) is 2. The van der Waals surface area contributed by atoms with Crippen LogP contribution in [-0.4, -0.2) is 88.7 Å². The number of esters is 1. The van der Waals surface area contributed by atoms with Crippen molar-refractivity contribution in [2.75, 3.05) is 54.1 Å². The van der Waals surface area contributed by atoms with Crippen LogP contribution in [0.25, 0.3) is 0 Å². The van der Waals surface area contributed by atoms with E-state index >= 15 is 0 Å². The Labute approximate surface area is 257 Å². The van der Waals surface area contributed by atoms with Crippen molar-refractivity contribution in [2.45, 2.75) is 121 Å². The van der Waals surface area contributed by atoms with Crippen molar-refractivity contribution in [3.63, 3.8) is 0 Å². The van der Waals surface area contributed by atoms with E-state index in [4.69, 9.17) is 18.5 Å². The topological polar surface area (TPSA) is 94.1 Å². The van der Waals surface area contributed by atoms with Gasteiger partial charge in [0.2, 0.25) is 0 Å². The van der Waals surface area contributed by atoms with Gasteiger partial charge in [0.25, 0.3) is 7.82 Å². The lowest BCUT2D eigenvalue weighted by Gasteiger charge is -2.28. The minimum atomic E-state index is -6.27. The second-order valence-electron chi connectivity index (χ2n) is 12.0. The lowest BCUT2D eigenvalue weighted by Crippen LogP contribution is -2.51. The Hall–Kier alpha value is -0.990. The van der Waals surface area contributed by atoms with Gasteiger partial charge < -0.3 is 27.9 Å². The van der Waals surface area contributed by atoms with Gasteiger partial charge in [-0.2, -0.15) is 30.7 Å². The Balaban J connectivity index is 3.81. The highest BCUT2D eigenvalue weighted by Gasteiger charge is 2.72. The largest absolute Gasteiger partial charge is 0.756 e. The molecule has 0 fully saturated rings. The van der Waals surface area contributed by atoms with Crippen molar-refractivity contribution in [3.8, 4) is 0 Å². The van der Waals surface area contributed by atoms with Crippen molar-refractivity contribution < 1.29 is 68.0 Å². The molecule has 0 N–H and O–H groups in total. The van der Waals surface area contributed by atoms with Crippen molar-refractivity contribution in [2.24, 2.45) is 0 Å². The molecule has 0 aromatic rings. The second kappa shape index (κ2) is 21.0. The zero-order chi connectivity index (χ0) is 33.9. The van der Waals surface area contributed by atoms with Crippen molar-refractivity contribution in [1.82, 2.24) is 0 Å². The lowest BCUT2D eigenvalue weighted by molar-refractivity contribution is -0.870. The number of carbonyl (C=O) groups is 1. The first-order valence-corrected chi connectivity index (χ1v) is 16.6. The summed E-state index contributed by atoms with van der Waals surface area (Å²) in [5, 5.41) is 0. The molecule has 0 aromatic carbocycles. The van der Waals surface area contributed by atoms with E-state index in [1.54, 1.807) is 0 Å². The van der Waals surface area contributed by atoms with Gasteiger partial charge in [0.15, 0.2) is 0 Å². The highest BCUT2D eigenvalue weighted by molar-refractivity contribution is 7.45. The summed E-state index contributed by atoms with van der Waals surface area (Å²) in [6.45, 7) is 1.62. The van der Waals surface area contributed by atoms with Gasteiger partial charge in [0.05, 0.1) is 34.4 Å². The van der Waals surface area contributed by atoms with E-state index in [2.05, 4.69) is 0 Å². The highest BCUT2D eigenvalue weighted by Crippen LogP contribution is 2.48. The number of halogens is 7. The number of rotatable bonds is 27. The zero-order valence-electron chi connectivity index (χ0n) is 26.4. The van der Waals surface area contributed by atoms with Gasteiger partial charge in [-0.1, -0.05) is 70.6 Å². The molecule has 0 radical (unpaired) electrons. The van der Waals surface area contributed by atoms with E-state index in [0.717, 1.165) is 57.8 Å². The predicted molar refractivity (Wildman–Crippen MR) is 149 cm³/mol. The van der Waals surface area contributed by atoms with Gasteiger partial charge in [-0.05, 0) is 12.8 Å². The van der Waals surface area contributed by atoms with Gasteiger partial charge in [0, 0.05) is 20.0 Å². The lowest BCUT2D eigenvalue weighted by atomic mass is 10.0. The van der Waals surface area contributed by atoms with Crippen LogP contribution < -0.4 is 4.89 Å². The molecule has 0 saturated heterocycles. The molecule has 0 bridgehead atoms. The van der Waals surface area contributed by atoms with Gasteiger partial charge in [0.1, 0.15) is 19.3 Å². The molecular formula is C28H51F7NO7P. The fraction of sp³-hybridized carbons (Fsp3) is 0.964. The third-order valence-corrected chi connectivity index (χ3v) is 7.63. The van der Waals surface area contributed by atoms with Crippen LogP contribution in [0.3, 0.4) is 0 Å². The summed E-state index contributed by atoms with van der Waals surface area (Å²) < 4.78 is 121. The summed E-state index contributed by atoms with van der Waals surface area (Å²) in [7, 11) is 1.12. The number of unbranched alkanes of at least 4 members (excludes halogenated alkanes) is 12. The Morgan fingerprint density at radius 1 is 0.727 bits per heavy atom. The highest BCUT2D eigenvalue weighted by atomic mass is 31.2. The van der Waals surface area contributed by atoms with Crippen LogP contribution in [-0.2, 0) is 27.9 Å². The van der Waals surface area contributed by atoms with Gasteiger partial charge in [-0.3, -0.25) is 9.36 Å². The molecule has 1 unspecified atom stereocenters. The van der Waals surface area contributed by atoms with E-state index in [-0.39, 0.29) is 26.1 Å². The molecule has 44 heavy (non-hydrogen) atoms. The summed E-state index contributed by atoms with van der Waals surface area (Å²) >= 11 is 0. The minimum absolute atomic E-state index is 0.0149. The molecule has 0 aromatic heterocycles. The van der Waals surface area contributed by atoms with Crippen LogP contribution in [0, 0.1) is 0 Å². The van der Waals surface area contributed by atoms with Crippen LogP contribution >= 0.6 is 7.82 Å². The number of carbonyl (C=O) groups excluding carboxylic acids is 1. The van der Waals surface area contributed by atoms with E-state index in [0.29, 0.717) is 30.5 Å². The summed E-state index contributed by atoms with van der Waals surface area (Å²) in [6.07, 6.45) is 0.971. The quantitative estimate of drug-likeness (QED) is 0.0293. The molecular weight excluding hydrogens is 626 g/mol. The van der Waals surface area contributed by atoms with Gasteiger partial charge in [-0.15, -0.1) is 0 Å². The Bertz CT molecular complexity index is 827. The number of phosphoric acid groups is 1. The molecule has 264 valence electrons. The summed E-state index contributed by atoms with van der Waals surface area (Å²) in [5.41, 5.74) is 0. The molecule has 0 spiro atoms. The normalized spacial score (nSPS) is 15.3. The van der Waals surface area contributed by atoms with Crippen LogP contribution in [0.1, 0.15) is 96.8 Å². The van der Waals surface area contributed by atoms with Crippen molar-refractivity contribution in [1.29, 1.82) is 0 Å². The average molecular weight is 678 g/mol. The van der Waals surface area contributed by atoms with E-state index < -0.39 is 50.9 Å². The van der Waals surface area contributed by atoms with Crippen LogP contribution in [0.4, 0.5) is 30.7 Å². The maximum Gasteiger partial charge on any atom is 0.459 e. The van der Waals surface area contributed by atoms with Crippen LogP contribution in [0.5, 0.6) is 0 Å². The van der Waals surface area contributed by atoms with Crippen LogP contribution in [0.2, 0.25) is 0 Å². The number of hydrogen-bond donors (Lipinski definition) is 0.